The Morgan fingerprint density at radius 3 is 2.59 bits per heavy atom. The Morgan fingerprint density at radius 2 is 1.89 bits per heavy atom. The van der Waals surface area contributed by atoms with E-state index in [1.54, 1.807) is 6.07 Å². The molecule has 2 rings (SSSR count). The average Bonchev–Trinajstić information content (AvgIpc) is 2.59. The molecule has 0 aliphatic rings. The Kier molecular flexibility index (Phi) is 7.66. The smallest absolute Gasteiger partial charge is 0.316 e. The highest BCUT2D eigenvalue weighted by Crippen LogP contribution is 2.17. The Morgan fingerprint density at radius 1 is 1.15 bits per heavy atom. The van der Waals surface area contributed by atoms with Crippen LogP contribution in [0, 0.1) is 0 Å². The van der Waals surface area contributed by atoms with Crippen LogP contribution in [0.1, 0.15) is 5.56 Å². The number of anilines is 1. The first-order valence-corrected chi connectivity index (χ1v) is 10.7. The summed E-state index contributed by atoms with van der Waals surface area (Å²) in [5.74, 6) is -0.451. The molecule has 0 bridgehead atoms. The van der Waals surface area contributed by atoms with Gasteiger partial charge in [-0.2, -0.15) is 0 Å². The van der Waals surface area contributed by atoms with Gasteiger partial charge in [0.1, 0.15) is 0 Å². The maximum atomic E-state index is 11.8. The lowest BCUT2D eigenvalue weighted by molar-refractivity contribution is -0.144. The van der Waals surface area contributed by atoms with E-state index in [0.29, 0.717) is 10.8 Å². The number of sulfonamides is 1. The molecule has 0 aliphatic carbocycles. The van der Waals surface area contributed by atoms with E-state index in [4.69, 9.17) is 21.5 Å². The molecule has 0 radical (unpaired) electrons. The van der Waals surface area contributed by atoms with Crippen LogP contribution in [0.15, 0.2) is 53.4 Å². The third kappa shape index (κ3) is 7.59. The predicted octanol–water partition coefficient (Wildman–Crippen LogP) is 2.40. The summed E-state index contributed by atoms with van der Waals surface area (Å²) in [5, 5.41) is 8.10. The summed E-state index contributed by atoms with van der Waals surface area (Å²) in [5.41, 5.74) is 1.21. The summed E-state index contributed by atoms with van der Waals surface area (Å²) in [7, 11) is -3.87. The van der Waals surface area contributed by atoms with Crippen LogP contribution in [0.2, 0.25) is 5.02 Å². The third-order valence-corrected chi connectivity index (χ3v) is 5.31. The number of amides is 1. The van der Waals surface area contributed by atoms with Crippen molar-refractivity contribution < 1.29 is 22.7 Å². The lowest BCUT2D eigenvalue weighted by Gasteiger charge is -2.08. The van der Waals surface area contributed by atoms with E-state index in [2.05, 4.69) is 5.32 Å². The second kappa shape index (κ2) is 9.75. The molecule has 0 spiro atoms. The van der Waals surface area contributed by atoms with E-state index < -0.39 is 28.5 Å². The quantitative estimate of drug-likeness (QED) is 0.624. The highest BCUT2D eigenvalue weighted by Gasteiger charge is 2.11. The molecule has 0 heterocycles. The number of nitrogens with one attached hydrogen (secondary N) is 1. The molecular formula is C17H17ClN2O5S2. The number of benzene rings is 2. The van der Waals surface area contributed by atoms with E-state index in [-0.39, 0.29) is 16.3 Å². The van der Waals surface area contributed by atoms with Crippen molar-refractivity contribution in [1.82, 2.24) is 0 Å². The van der Waals surface area contributed by atoms with E-state index >= 15 is 0 Å². The van der Waals surface area contributed by atoms with Crippen LogP contribution >= 0.6 is 23.4 Å². The minimum absolute atomic E-state index is 0.0840. The van der Waals surface area contributed by atoms with Crippen LogP contribution in [0.3, 0.4) is 0 Å². The standard InChI is InChI=1S/C17H17ClN2O5S2/c18-13-4-1-3-12(7-13)10-26-11-17(22)25-9-16(21)20-14-5-2-6-15(8-14)27(19,23)24/h1-8H,9-11H2,(H,20,21)(H2,19,23,24). The van der Waals surface area contributed by atoms with Crippen molar-refractivity contribution in [3.8, 4) is 0 Å². The van der Waals surface area contributed by atoms with Gasteiger partial charge >= 0.3 is 5.97 Å². The zero-order chi connectivity index (χ0) is 19.9. The fourth-order valence-electron chi connectivity index (χ4n) is 2.01. The topological polar surface area (TPSA) is 116 Å². The molecule has 0 aliphatic heterocycles. The number of hydrogen-bond acceptors (Lipinski definition) is 6. The van der Waals surface area contributed by atoms with Crippen LogP contribution in [0.5, 0.6) is 0 Å². The van der Waals surface area contributed by atoms with Gasteiger partial charge in [0, 0.05) is 16.5 Å². The number of nitrogens with two attached hydrogens (primary N) is 1. The number of rotatable bonds is 8. The summed E-state index contributed by atoms with van der Waals surface area (Å²) >= 11 is 7.22. The number of esters is 1. The van der Waals surface area contributed by atoms with E-state index in [0.717, 1.165) is 5.56 Å². The molecule has 2 aromatic carbocycles. The first-order valence-electron chi connectivity index (χ1n) is 7.64. The molecule has 0 unspecified atom stereocenters. The molecule has 144 valence electrons. The van der Waals surface area contributed by atoms with Gasteiger partial charge in [-0.15, -0.1) is 11.8 Å². The monoisotopic (exact) mass is 428 g/mol. The molecule has 3 N–H and O–H groups in total. The Hall–Kier alpha value is -2.07. The van der Waals surface area contributed by atoms with Crippen molar-refractivity contribution in [3.05, 3.63) is 59.1 Å². The van der Waals surface area contributed by atoms with E-state index in [9.17, 15) is 18.0 Å². The van der Waals surface area contributed by atoms with Crippen LogP contribution < -0.4 is 10.5 Å². The van der Waals surface area contributed by atoms with Gasteiger partial charge in [0.2, 0.25) is 10.0 Å². The lowest BCUT2D eigenvalue weighted by Crippen LogP contribution is -2.22. The molecule has 7 nitrogen and oxygen atoms in total. The first-order chi connectivity index (χ1) is 12.7. The summed E-state index contributed by atoms with van der Waals surface area (Å²) in [6.45, 7) is -0.476. The molecule has 10 heteroatoms. The van der Waals surface area contributed by atoms with Crippen molar-refractivity contribution in [2.45, 2.75) is 10.6 Å². The summed E-state index contributed by atoms with van der Waals surface area (Å²) in [6, 6.07) is 12.8. The number of primary sulfonamides is 1. The van der Waals surface area contributed by atoms with Crippen molar-refractivity contribution in [3.63, 3.8) is 0 Å². The number of carbonyl (C=O) groups is 2. The number of thioether (sulfide) groups is 1. The van der Waals surface area contributed by atoms with Gasteiger partial charge in [0.25, 0.3) is 5.91 Å². The second-order valence-electron chi connectivity index (χ2n) is 5.40. The van der Waals surface area contributed by atoms with Crippen LogP contribution in [0.25, 0.3) is 0 Å². The van der Waals surface area contributed by atoms with Gasteiger partial charge in [-0.1, -0.05) is 29.8 Å². The Balaban J connectivity index is 1.74. The van der Waals surface area contributed by atoms with Crippen molar-refractivity contribution in [1.29, 1.82) is 0 Å². The van der Waals surface area contributed by atoms with Crippen molar-refractivity contribution in [2.75, 3.05) is 17.7 Å². The Labute approximate surface area is 166 Å². The SMILES string of the molecule is NS(=O)(=O)c1cccc(NC(=O)COC(=O)CSCc2cccc(Cl)c2)c1. The number of carbonyl (C=O) groups excluding carboxylic acids is 2. The zero-order valence-corrected chi connectivity index (χ0v) is 16.4. The Bertz CT molecular complexity index is 934. The van der Waals surface area contributed by atoms with Gasteiger partial charge in [0.15, 0.2) is 6.61 Å². The van der Waals surface area contributed by atoms with Gasteiger partial charge in [-0.3, -0.25) is 9.59 Å². The average molecular weight is 429 g/mol. The molecule has 1 amide bonds. The number of hydrogen-bond donors (Lipinski definition) is 2. The maximum absolute atomic E-state index is 11.8. The summed E-state index contributed by atoms with van der Waals surface area (Å²) in [4.78, 5) is 23.4. The number of halogens is 1. The van der Waals surface area contributed by atoms with Crippen molar-refractivity contribution >= 4 is 50.9 Å². The molecule has 0 fully saturated rings. The second-order valence-corrected chi connectivity index (χ2v) is 8.39. The fraction of sp³-hybridized carbons (Fsp3) is 0.176. The van der Waals surface area contributed by atoms with Gasteiger partial charge in [-0.25, -0.2) is 13.6 Å². The lowest BCUT2D eigenvalue weighted by atomic mass is 10.2. The predicted molar refractivity (Wildman–Crippen MR) is 105 cm³/mol. The third-order valence-electron chi connectivity index (χ3n) is 3.19. The maximum Gasteiger partial charge on any atom is 0.316 e. The fourth-order valence-corrected chi connectivity index (χ4v) is 3.55. The molecular weight excluding hydrogens is 412 g/mol. The zero-order valence-electron chi connectivity index (χ0n) is 14.1. The summed E-state index contributed by atoms with van der Waals surface area (Å²) < 4.78 is 27.5. The molecule has 0 aromatic heterocycles. The largest absolute Gasteiger partial charge is 0.455 e. The normalized spacial score (nSPS) is 11.0. The minimum atomic E-state index is -3.87. The van der Waals surface area contributed by atoms with Crippen molar-refractivity contribution in [2.24, 2.45) is 5.14 Å². The first kappa shape index (κ1) is 21.2. The molecule has 2 aromatic rings. The summed E-state index contributed by atoms with van der Waals surface area (Å²) in [6.07, 6.45) is 0. The van der Waals surface area contributed by atoms with E-state index in [1.165, 1.54) is 36.0 Å². The van der Waals surface area contributed by atoms with Gasteiger partial charge in [0.05, 0.1) is 10.6 Å². The highest BCUT2D eigenvalue weighted by molar-refractivity contribution is 7.99. The van der Waals surface area contributed by atoms with Crippen LogP contribution in [0.4, 0.5) is 5.69 Å². The van der Waals surface area contributed by atoms with Crippen LogP contribution in [-0.2, 0) is 30.1 Å². The minimum Gasteiger partial charge on any atom is -0.455 e. The molecule has 0 atom stereocenters. The molecule has 27 heavy (non-hydrogen) atoms. The molecule has 0 saturated carbocycles. The van der Waals surface area contributed by atoms with Crippen LogP contribution in [-0.4, -0.2) is 32.7 Å². The van der Waals surface area contributed by atoms with E-state index in [1.807, 2.05) is 18.2 Å². The van der Waals surface area contributed by atoms with Gasteiger partial charge < -0.3 is 10.1 Å². The number of ether oxygens (including phenoxy) is 1. The van der Waals surface area contributed by atoms with Gasteiger partial charge in [-0.05, 0) is 35.9 Å². The molecule has 0 saturated heterocycles. The highest BCUT2D eigenvalue weighted by atomic mass is 35.5.